The molecule has 192 valence electrons. The van der Waals surface area contributed by atoms with Gasteiger partial charge in [-0.15, -0.1) is 0 Å². The Balaban J connectivity index is 2.24. The zero-order valence-electron chi connectivity index (χ0n) is 21.2. The van der Waals surface area contributed by atoms with Gasteiger partial charge in [0.25, 0.3) is 0 Å². The normalized spacial score (nSPS) is 24.7. The van der Waals surface area contributed by atoms with Gasteiger partial charge in [0.2, 0.25) is 0 Å². The van der Waals surface area contributed by atoms with Crippen LogP contribution in [0.3, 0.4) is 0 Å². The van der Waals surface area contributed by atoms with Crippen molar-refractivity contribution in [3.8, 4) is 0 Å². The fourth-order valence-electron chi connectivity index (χ4n) is 4.60. The van der Waals surface area contributed by atoms with E-state index in [1.165, 1.54) is 103 Å². The first kappa shape index (κ1) is 29.8. The molecule has 1 fully saturated rings. The van der Waals surface area contributed by atoms with Crippen LogP contribution in [0.1, 0.15) is 129 Å². The molecular weight excluding hydrogens is 404 g/mol. The van der Waals surface area contributed by atoms with Gasteiger partial charge >= 0.3 is 0 Å². The molecule has 0 aromatic heterocycles. The minimum absolute atomic E-state index is 0.00341. The lowest BCUT2D eigenvalue weighted by atomic mass is 9.94. The van der Waals surface area contributed by atoms with Gasteiger partial charge in [0.1, 0.15) is 18.3 Å². The lowest BCUT2D eigenvalue weighted by molar-refractivity contribution is -0.272. The number of ether oxygens (including phenoxy) is 2. The summed E-state index contributed by atoms with van der Waals surface area (Å²) in [6.07, 6.45) is 19.2. The molecule has 1 heterocycles. The van der Waals surface area contributed by atoms with Crippen LogP contribution in [0.4, 0.5) is 0 Å². The van der Waals surface area contributed by atoms with Crippen LogP contribution in [0.25, 0.3) is 0 Å². The Morgan fingerprint density at radius 3 is 1.56 bits per heavy atom. The Morgan fingerprint density at radius 2 is 1.09 bits per heavy atom. The van der Waals surface area contributed by atoms with Crippen molar-refractivity contribution in [3.63, 3.8) is 0 Å². The summed E-state index contributed by atoms with van der Waals surface area (Å²) in [6, 6.07) is 0. The topological polar surface area (TPSA) is 79.2 Å². The van der Waals surface area contributed by atoms with Crippen molar-refractivity contribution < 1.29 is 24.8 Å². The van der Waals surface area contributed by atoms with Crippen molar-refractivity contribution in [1.82, 2.24) is 0 Å². The molecule has 0 aliphatic carbocycles. The molecular formula is C27H54O5. The summed E-state index contributed by atoms with van der Waals surface area (Å²) in [6.45, 7) is 5.07. The van der Waals surface area contributed by atoms with E-state index < -0.39 is 24.6 Å². The monoisotopic (exact) mass is 458 g/mol. The highest BCUT2D eigenvalue weighted by atomic mass is 16.7. The first-order valence-electron chi connectivity index (χ1n) is 13.9. The number of hydrogen-bond donors (Lipinski definition) is 3. The van der Waals surface area contributed by atoms with E-state index in [1.54, 1.807) is 0 Å². The largest absolute Gasteiger partial charge is 0.388 e. The summed E-state index contributed by atoms with van der Waals surface area (Å²) in [4.78, 5) is 0. The highest BCUT2D eigenvalue weighted by molar-refractivity contribution is 4.82. The maximum atomic E-state index is 10.1. The maximum Gasteiger partial charge on any atom is 0.186 e. The number of aliphatic hydroxyl groups excluding tert-OH is 3. The van der Waals surface area contributed by atoms with E-state index in [-0.39, 0.29) is 6.61 Å². The third-order valence-corrected chi connectivity index (χ3v) is 6.88. The lowest BCUT2D eigenvalue weighted by Crippen LogP contribution is -2.53. The van der Waals surface area contributed by atoms with Crippen LogP contribution < -0.4 is 0 Å². The maximum absolute atomic E-state index is 10.1. The second-order valence-electron chi connectivity index (χ2n) is 9.98. The number of rotatable bonds is 21. The van der Waals surface area contributed by atoms with Gasteiger partial charge in [-0.05, 0) is 18.8 Å². The molecule has 1 aliphatic rings. The predicted octanol–water partition coefficient (Wildman–Crippen LogP) is 6.12. The van der Waals surface area contributed by atoms with Crippen molar-refractivity contribution in [2.75, 3.05) is 13.2 Å². The molecule has 0 radical (unpaired) electrons. The van der Waals surface area contributed by atoms with E-state index in [0.29, 0.717) is 12.5 Å². The molecule has 32 heavy (non-hydrogen) atoms. The fourth-order valence-corrected chi connectivity index (χ4v) is 4.60. The predicted molar refractivity (Wildman–Crippen MR) is 132 cm³/mol. The molecule has 5 heteroatoms. The zero-order chi connectivity index (χ0) is 23.4. The summed E-state index contributed by atoms with van der Waals surface area (Å²) in [7, 11) is 0. The summed E-state index contributed by atoms with van der Waals surface area (Å²) in [5.74, 6) is 0.468. The molecule has 0 spiro atoms. The summed E-state index contributed by atoms with van der Waals surface area (Å²) in [5.41, 5.74) is 0. The van der Waals surface area contributed by atoms with Crippen molar-refractivity contribution >= 4 is 0 Å². The molecule has 0 aromatic rings. The summed E-state index contributed by atoms with van der Waals surface area (Å²) >= 11 is 0. The van der Waals surface area contributed by atoms with Crippen LogP contribution in [-0.2, 0) is 9.47 Å². The van der Waals surface area contributed by atoms with E-state index in [9.17, 15) is 15.3 Å². The standard InChI is InChI=1S/C27H54O5/c1-3-5-7-9-11-12-13-14-16-18-20-23(19-17-15-10-8-6-4-2)21-31-27-26(30)25(29)24(28)22-32-27/h23-30H,3-22H2,1-2H3/t23?,24-,25+,26+,27+/m1/s1. The van der Waals surface area contributed by atoms with Gasteiger partial charge in [0.05, 0.1) is 13.2 Å². The average Bonchev–Trinajstić information content (AvgIpc) is 2.79. The average molecular weight is 459 g/mol. The van der Waals surface area contributed by atoms with Crippen LogP contribution in [0, 0.1) is 5.92 Å². The first-order valence-corrected chi connectivity index (χ1v) is 13.9. The molecule has 3 N–H and O–H groups in total. The Kier molecular flexibility index (Phi) is 18.8. The number of aliphatic hydroxyl groups is 3. The van der Waals surface area contributed by atoms with Crippen LogP contribution in [0.2, 0.25) is 0 Å². The number of unbranched alkanes of at least 4 members (excludes halogenated alkanes) is 14. The minimum atomic E-state index is -1.20. The molecule has 0 aromatic carbocycles. The van der Waals surface area contributed by atoms with Crippen LogP contribution in [0.5, 0.6) is 0 Å². The van der Waals surface area contributed by atoms with E-state index in [1.807, 2.05) is 0 Å². The Morgan fingerprint density at radius 1 is 0.656 bits per heavy atom. The van der Waals surface area contributed by atoms with E-state index >= 15 is 0 Å². The van der Waals surface area contributed by atoms with Gasteiger partial charge in [-0.1, -0.05) is 117 Å². The second kappa shape index (κ2) is 20.2. The molecule has 0 amide bonds. The Labute approximate surface area is 198 Å². The lowest BCUT2D eigenvalue weighted by Gasteiger charge is -2.35. The van der Waals surface area contributed by atoms with Crippen molar-refractivity contribution in [2.24, 2.45) is 5.92 Å². The summed E-state index contributed by atoms with van der Waals surface area (Å²) in [5, 5.41) is 29.6. The van der Waals surface area contributed by atoms with Gasteiger partial charge in [-0.3, -0.25) is 0 Å². The molecule has 1 aliphatic heterocycles. The molecule has 0 bridgehead atoms. The molecule has 1 unspecified atom stereocenters. The van der Waals surface area contributed by atoms with Gasteiger partial charge in [-0.25, -0.2) is 0 Å². The fraction of sp³-hybridized carbons (Fsp3) is 1.00. The highest BCUT2D eigenvalue weighted by Gasteiger charge is 2.38. The zero-order valence-corrected chi connectivity index (χ0v) is 21.2. The van der Waals surface area contributed by atoms with Crippen molar-refractivity contribution in [2.45, 2.75) is 154 Å². The smallest absolute Gasteiger partial charge is 0.186 e. The number of hydrogen-bond acceptors (Lipinski definition) is 5. The SMILES string of the molecule is CCCCCCCCCCCCC(CCCCCCCC)CO[C@H]1OC[C@@H](O)[C@H](O)[C@@H]1O. The molecule has 5 atom stereocenters. The third kappa shape index (κ3) is 14.1. The van der Waals surface area contributed by atoms with Gasteiger partial charge in [-0.2, -0.15) is 0 Å². The van der Waals surface area contributed by atoms with E-state index in [2.05, 4.69) is 13.8 Å². The van der Waals surface area contributed by atoms with Gasteiger partial charge in [0, 0.05) is 0 Å². The molecule has 0 saturated carbocycles. The van der Waals surface area contributed by atoms with E-state index in [0.717, 1.165) is 12.8 Å². The van der Waals surface area contributed by atoms with E-state index in [4.69, 9.17) is 9.47 Å². The molecule has 5 nitrogen and oxygen atoms in total. The van der Waals surface area contributed by atoms with Gasteiger partial charge in [0.15, 0.2) is 6.29 Å². The van der Waals surface area contributed by atoms with Gasteiger partial charge < -0.3 is 24.8 Å². The van der Waals surface area contributed by atoms with Crippen LogP contribution >= 0.6 is 0 Å². The second-order valence-corrected chi connectivity index (χ2v) is 9.98. The first-order chi connectivity index (χ1) is 15.6. The molecule has 1 saturated heterocycles. The van der Waals surface area contributed by atoms with Crippen LogP contribution in [0.15, 0.2) is 0 Å². The van der Waals surface area contributed by atoms with Crippen LogP contribution in [-0.4, -0.2) is 53.1 Å². The highest BCUT2D eigenvalue weighted by Crippen LogP contribution is 2.23. The minimum Gasteiger partial charge on any atom is -0.388 e. The Bertz CT molecular complexity index is 406. The quantitative estimate of drug-likeness (QED) is 0.181. The summed E-state index contributed by atoms with van der Waals surface area (Å²) < 4.78 is 11.3. The van der Waals surface area contributed by atoms with Crippen molar-refractivity contribution in [3.05, 3.63) is 0 Å². The molecule has 1 rings (SSSR count). The Hall–Kier alpha value is -0.200. The third-order valence-electron chi connectivity index (χ3n) is 6.88. The van der Waals surface area contributed by atoms with Crippen molar-refractivity contribution in [1.29, 1.82) is 0 Å².